The van der Waals surface area contributed by atoms with Gasteiger partial charge in [0.25, 0.3) is 0 Å². The van der Waals surface area contributed by atoms with Gasteiger partial charge < -0.3 is 4.74 Å². The third-order valence-electron chi connectivity index (χ3n) is 2.91. The van der Waals surface area contributed by atoms with E-state index in [9.17, 15) is 4.79 Å². The predicted molar refractivity (Wildman–Crippen MR) is 72.4 cm³/mol. The van der Waals surface area contributed by atoms with Crippen molar-refractivity contribution in [2.75, 3.05) is 7.11 Å². The molecule has 0 radical (unpaired) electrons. The third-order valence-corrected chi connectivity index (χ3v) is 2.91. The summed E-state index contributed by atoms with van der Waals surface area (Å²) in [5.74, 6) is 1.09. The van der Waals surface area contributed by atoms with Gasteiger partial charge in [-0.1, -0.05) is 13.0 Å². The molecular formula is C15H16N2O2. The summed E-state index contributed by atoms with van der Waals surface area (Å²) < 4.78 is 5.24. The van der Waals surface area contributed by atoms with Crippen molar-refractivity contribution in [3.8, 4) is 5.75 Å². The van der Waals surface area contributed by atoms with Crippen LogP contribution < -0.4 is 4.74 Å². The van der Waals surface area contributed by atoms with Gasteiger partial charge in [0.15, 0.2) is 5.78 Å². The van der Waals surface area contributed by atoms with Crippen LogP contribution >= 0.6 is 0 Å². The van der Waals surface area contributed by atoms with Gasteiger partial charge in [-0.3, -0.25) is 4.79 Å². The molecule has 0 aliphatic rings. The molecule has 0 bridgehead atoms. The molecule has 2 rings (SSSR count). The molecule has 2 aromatic rings. The Hall–Kier alpha value is -2.23. The number of benzene rings is 1. The lowest BCUT2D eigenvalue weighted by atomic mass is 10.0. The highest BCUT2D eigenvalue weighted by molar-refractivity contribution is 5.99. The van der Waals surface area contributed by atoms with E-state index in [1.165, 1.54) is 0 Å². The maximum atomic E-state index is 12.3. The minimum absolute atomic E-state index is 0.0293. The number of hydrogen-bond acceptors (Lipinski definition) is 4. The van der Waals surface area contributed by atoms with Crippen molar-refractivity contribution in [3.63, 3.8) is 0 Å². The second kappa shape index (κ2) is 6.09. The number of hydrogen-bond donors (Lipinski definition) is 0. The average molecular weight is 256 g/mol. The smallest absolute Gasteiger partial charge is 0.174 e. The lowest BCUT2D eigenvalue weighted by molar-refractivity contribution is 0.0987. The van der Waals surface area contributed by atoms with Crippen LogP contribution in [0, 0.1) is 0 Å². The molecule has 0 amide bonds. The molecule has 0 atom stereocenters. The van der Waals surface area contributed by atoms with Crippen molar-refractivity contribution in [1.29, 1.82) is 0 Å². The fourth-order valence-electron chi connectivity index (χ4n) is 1.85. The van der Waals surface area contributed by atoms with Crippen LogP contribution in [0.15, 0.2) is 36.7 Å². The number of rotatable bonds is 5. The van der Waals surface area contributed by atoms with Gasteiger partial charge in [-0.05, 0) is 30.2 Å². The maximum absolute atomic E-state index is 12.3. The Bertz CT molecular complexity index is 568. The second-order valence-corrected chi connectivity index (χ2v) is 4.15. The molecule has 98 valence electrons. The molecule has 0 aliphatic heterocycles. The Morgan fingerprint density at radius 2 is 2.00 bits per heavy atom. The van der Waals surface area contributed by atoms with Crippen LogP contribution in [0.1, 0.15) is 28.7 Å². The van der Waals surface area contributed by atoms with Gasteiger partial charge in [-0.2, -0.15) is 0 Å². The summed E-state index contributed by atoms with van der Waals surface area (Å²) in [6.45, 7) is 2.05. The summed E-state index contributed by atoms with van der Waals surface area (Å²) in [5.41, 5.74) is 1.70. The Labute approximate surface area is 112 Å². The number of carbonyl (C=O) groups excluding carboxylic acids is 1. The Morgan fingerprint density at radius 1 is 1.26 bits per heavy atom. The van der Waals surface area contributed by atoms with Crippen LogP contribution in [0.3, 0.4) is 0 Å². The largest absolute Gasteiger partial charge is 0.496 e. The van der Waals surface area contributed by atoms with Crippen molar-refractivity contribution in [3.05, 3.63) is 53.6 Å². The van der Waals surface area contributed by atoms with Gasteiger partial charge in [0.05, 0.1) is 19.1 Å². The summed E-state index contributed by atoms with van der Waals surface area (Å²) in [5, 5.41) is 0. The number of ether oxygens (including phenoxy) is 1. The fourth-order valence-corrected chi connectivity index (χ4v) is 1.85. The summed E-state index contributed by atoms with van der Waals surface area (Å²) >= 11 is 0. The first-order chi connectivity index (χ1) is 9.24. The zero-order valence-corrected chi connectivity index (χ0v) is 11.1. The van der Waals surface area contributed by atoms with Gasteiger partial charge in [-0.25, -0.2) is 9.97 Å². The summed E-state index contributed by atoms with van der Waals surface area (Å²) in [4.78, 5) is 20.4. The van der Waals surface area contributed by atoms with Crippen LogP contribution in [0.5, 0.6) is 5.75 Å². The van der Waals surface area contributed by atoms with E-state index < -0.39 is 0 Å². The van der Waals surface area contributed by atoms with Crippen molar-refractivity contribution in [1.82, 2.24) is 9.97 Å². The Kier molecular flexibility index (Phi) is 4.23. The number of methoxy groups -OCH3 is 1. The zero-order chi connectivity index (χ0) is 13.7. The molecule has 0 spiro atoms. The van der Waals surface area contributed by atoms with E-state index in [-0.39, 0.29) is 12.2 Å². The van der Waals surface area contributed by atoms with E-state index in [0.29, 0.717) is 17.1 Å². The number of aromatic nitrogens is 2. The standard InChI is InChI=1S/C15H16N2O2/c1-3-11-5-6-14(19-2)12(9-11)13(18)10-15-16-7-4-8-17-15/h4-9H,3,10H2,1-2H3. The third kappa shape index (κ3) is 3.16. The minimum atomic E-state index is -0.0293. The summed E-state index contributed by atoms with van der Waals surface area (Å²) in [7, 11) is 1.57. The van der Waals surface area contributed by atoms with Gasteiger partial charge in [0, 0.05) is 12.4 Å². The van der Waals surface area contributed by atoms with Gasteiger partial charge in [-0.15, -0.1) is 0 Å². The van der Waals surface area contributed by atoms with E-state index in [1.807, 2.05) is 18.2 Å². The number of Topliss-reactive ketones (excluding diaryl/α,β-unsaturated/α-hetero) is 1. The summed E-state index contributed by atoms with van der Waals surface area (Å²) in [6, 6.07) is 7.41. The topological polar surface area (TPSA) is 52.1 Å². The number of carbonyl (C=O) groups is 1. The van der Waals surface area contributed by atoms with Crippen LogP contribution in [0.4, 0.5) is 0 Å². The lowest BCUT2D eigenvalue weighted by Gasteiger charge is -2.09. The molecule has 1 heterocycles. The second-order valence-electron chi connectivity index (χ2n) is 4.15. The van der Waals surface area contributed by atoms with Crippen molar-refractivity contribution in [2.45, 2.75) is 19.8 Å². The lowest BCUT2D eigenvalue weighted by Crippen LogP contribution is -2.08. The van der Waals surface area contributed by atoms with Crippen LogP contribution in [-0.4, -0.2) is 22.9 Å². The summed E-state index contributed by atoms with van der Waals surface area (Å²) in [6.07, 6.45) is 4.33. The number of ketones is 1. The quantitative estimate of drug-likeness (QED) is 0.771. The van der Waals surface area contributed by atoms with Crippen LogP contribution in [-0.2, 0) is 12.8 Å². The van der Waals surface area contributed by atoms with Gasteiger partial charge in [0.1, 0.15) is 11.6 Å². The monoisotopic (exact) mass is 256 g/mol. The molecule has 0 fully saturated rings. The zero-order valence-electron chi connectivity index (χ0n) is 11.1. The first-order valence-corrected chi connectivity index (χ1v) is 6.20. The van der Waals surface area contributed by atoms with Crippen molar-refractivity contribution in [2.24, 2.45) is 0 Å². The normalized spacial score (nSPS) is 10.2. The first-order valence-electron chi connectivity index (χ1n) is 6.20. The molecule has 19 heavy (non-hydrogen) atoms. The average Bonchev–Trinajstić information content (AvgIpc) is 2.47. The molecule has 0 unspecified atom stereocenters. The highest BCUT2D eigenvalue weighted by atomic mass is 16.5. The molecule has 1 aromatic heterocycles. The maximum Gasteiger partial charge on any atom is 0.174 e. The molecule has 4 heteroatoms. The van der Waals surface area contributed by atoms with Gasteiger partial charge >= 0.3 is 0 Å². The fraction of sp³-hybridized carbons (Fsp3) is 0.267. The van der Waals surface area contributed by atoms with Gasteiger partial charge in [0.2, 0.25) is 0 Å². The molecular weight excluding hydrogens is 240 g/mol. The molecule has 0 saturated heterocycles. The molecule has 0 saturated carbocycles. The number of aryl methyl sites for hydroxylation is 1. The van der Waals surface area contributed by atoms with E-state index in [0.717, 1.165) is 12.0 Å². The van der Waals surface area contributed by atoms with E-state index in [2.05, 4.69) is 16.9 Å². The molecule has 4 nitrogen and oxygen atoms in total. The van der Waals surface area contributed by atoms with E-state index >= 15 is 0 Å². The SMILES string of the molecule is CCc1ccc(OC)c(C(=O)Cc2ncccn2)c1. The highest BCUT2D eigenvalue weighted by Gasteiger charge is 2.14. The van der Waals surface area contributed by atoms with Crippen LogP contribution in [0.25, 0.3) is 0 Å². The predicted octanol–water partition coefficient (Wildman–Crippen LogP) is 2.47. The first kappa shape index (κ1) is 13.2. The van der Waals surface area contributed by atoms with E-state index in [1.54, 1.807) is 25.6 Å². The molecule has 0 N–H and O–H groups in total. The Balaban J connectivity index is 2.27. The van der Waals surface area contributed by atoms with Crippen molar-refractivity contribution < 1.29 is 9.53 Å². The highest BCUT2D eigenvalue weighted by Crippen LogP contribution is 2.21. The van der Waals surface area contributed by atoms with Crippen LogP contribution in [0.2, 0.25) is 0 Å². The van der Waals surface area contributed by atoms with E-state index in [4.69, 9.17) is 4.74 Å². The number of nitrogens with zero attached hydrogens (tertiary/aromatic N) is 2. The Morgan fingerprint density at radius 3 is 2.63 bits per heavy atom. The molecule has 0 aliphatic carbocycles. The van der Waals surface area contributed by atoms with Crippen molar-refractivity contribution >= 4 is 5.78 Å². The molecule has 1 aromatic carbocycles. The minimum Gasteiger partial charge on any atom is -0.496 e.